The number of nitrogens with zero attached hydrogens (tertiary/aromatic N) is 1. The van der Waals surface area contributed by atoms with Crippen LogP contribution in [-0.2, 0) is 4.74 Å². The minimum Gasteiger partial charge on any atom is -0.349 e. The highest BCUT2D eigenvalue weighted by molar-refractivity contribution is 5.99. The number of fused-ring (bicyclic) bond motifs is 3. The Hall–Kier alpha value is -1.35. The lowest BCUT2D eigenvalue weighted by Crippen LogP contribution is -2.24. The Balaban J connectivity index is 2.12. The van der Waals surface area contributed by atoms with E-state index in [0.29, 0.717) is 6.54 Å². The zero-order valence-electron chi connectivity index (χ0n) is 7.93. The minimum atomic E-state index is -0.131. The van der Waals surface area contributed by atoms with Crippen molar-refractivity contribution in [2.45, 2.75) is 19.3 Å². The van der Waals surface area contributed by atoms with Crippen molar-refractivity contribution in [2.24, 2.45) is 0 Å². The van der Waals surface area contributed by atoms with Gasteiger partial charge in [-0.1, -0.05) is 18.2 Å². The van der Waals surface area contributed by atoms with Crippen LogP contribution in [0.3, 0.4) is 0 Å². The summed E-state index contributed by atoms with van der Waals surface area (Å²) in [4.78, 5) is 13.7. The molecular weight excluding hydrogens is 178 g/mol. The predicted octanol–water partition coefficient (Wildman–Crippen LogP) is 1.56. The second-order valence-corrected chi connectivity index (χ2v) is 3.84. The normalized spacial score (nSPS) is 29.2. The van der Waals surface area contributed by atoms with Crippen molar-refractivity contribution >= 4 is 5.91 Å². The first kappa shape index (κ1) is 8.00. The minimum absolute atomic E-state index is 0.106. The van der Waals surface area contributed by atoms with E-state index in [1.54, 1.807) is 4.90 Å². The zero-order valence-corrected chi connectivity index (χ0v) is 7.93. The van der Waals surface area contributed by atoms with Gasteiger partial charge in [-0.3, -0.25) is 4.79 Å². The molecule has 3 heteroatoms. The van der Waals surface area contributed by atoms with Gasteiger partial charge in [-0.15, -0.1) is 0 Å². The highest BCUT2D eigenvalue weighted by Gasteiger charge is 2.42. The molecule has 0 bridgehead atoms. The number of amides is 1. The molecule has 3 rings (SSSR count). The van der Waals surface area contributed by atoms with Gasteiger partial charge >= 0.3 is 0 Å². The van der Waals surface area contributed by atoms with Crippen molar-refractivity contribution in [2.75, 3.05) is 6.54 Å². The quantitative estimate of drug-likeness (QED) is 0.619. The van der Waals surface area contributed by atoms with Crippen molar-refractivity contribution in [3.63, 3.8) is 0 Å². The van der Waals surface area contributed by atoms with Crippen LogP contribution in [0.25, 0.3) is 0 Å². The Morgan fingerprint density at radius 3 is 3.07 bits per heavy atom. The Bertz CT molecular complexity index is 402. The molecule has 14 heavy (non-hydrogen) atoms. The smallest absolute Gasteiger partial charge is 0.256 e. The molecule has 0 radical (unpaired) electrons. The summed E-state index contributed by atoms with van der Waals surface area (Å²) in [5.41, 5.74) is 1.81. The first-order valence-corrected chi connectivity index (χ1v) is 4.83. The van der Waals surface area contributed by atoms with Gasteiger partial charge in [-0.05, 0) is 13.0 Å². The van der Waals surface area contributed by atoms with Crippen molar-refractivity contribution in [1.82, 2.24) is 4.90 Å². The van der Waals surface area contributed by atoms with Gasteiger partial charge in [0.2, 0.25) is 0 Å². The molecular formula is C11H11NO2. The molecule has 0 N–H and O–H groups in total. The summed E-state index contributed by atoms with van der Waals surface area (Å²) in [5.74, 6) is 0.106. The largest absolute Gasteiger partial charge is 0.349 e. The number of rotatable bonds is 0. The third-order valence-corrected chi connectivity index (χ3v) is 2.82. The average molecular weight is 189 g/mol. The van der Waals surface area contributed by atoms with E-state index in [2.05, 4.69) is 0 Å². The van der Waals surface area contributed by atoms with E-state index in [4.69, 9.17) is 4.74 Å². The highest BCUT2D eigenvalue weighted by atomic mass is 16.5. The number of hydrogen-bond acceptors (Lipinski definition) is 2. The number of carbonyl (C=O) groups is 1. The van der Waals surface area contributed by atoms with Crippen LogP contribution in [0.4, 0.5) is 0 Å². The molecule has 2 atom stereocenters. The summed E-state index contributed by atoms with van der Waals surface area (Å²) in [5, 5.41) is 0. The van der Waals surface area contributed by atoms with Crippen LogP contribution in [-0.4, -0.2) is 23.5 Å². The van der Waals surface area contributed by atoms with Crippen molar-refractivity contribution in [3.05, 3.63) is 35.4 Å². The maximum atomic E-state index is 11.9. The topological polar surface area (TPSA) is 29.5 Å². The number of carbonyl (C=O) groups excluding carboxylic acids is 1. The van der Waals surface area contributed by atoms with Crippen LogP contribution in [0, 0.1) is 0 Å². The Labute approximate surface area is 82.3 Å². The third-order valence-electron chi connectivity index (χ3n) is 2.82. The number of hydrogen-bond donors (Lipinski definition) is 0. The van der Waals surface area contributed by atoms with Gasteiger partial charge in [-0.25, -0.2) is 0 Å². The van der Waals surface area contributed by atoms with Gasteiger partial charge in [0.25, 0.3) is 5.91 Å². The molecule has 2 aliphatic rings. The fourth-order valence-corrected chi connectivity index (χ4v) is 2.20. The number of ether oxygens (including phenoxy) is 1. The molecule has 0 spiro atoms. The molecule has 2 heterocycles. The van der Waals surface area contributed by atoms with Crippen LogP contribution < -0.4 is 0 Å². The second kappa shape index (κ2) is 2.58. The summed E-state index contributed by atoms with van der Waals surface area (Å²) < 4.78 is 5.69. The van der Waals surface area contributed by atoms with Crippen LogP contribution in [0.15, 0.2) is 24.3 Å². The van der Waals surface area contributed by atoms with E-state index in [-0.39, 0.29) is 18.2 Å². The van der Waals surface area contributed by atoms with E-state index in [1.165, 1.54) is 0 Å². The molecule has 1 aromatic rings. The Morgan fingerprint density at radius 1 is 1.43 bits per heavy atom. The fraction of sp³-hybridized carbons (Fsp3) is 0.364. The number of benzene rings is 1. The van der Waals surface area contributed by atoms with Crippen LogP contribution in [0.5, 0.6) is 0 Å². The Morgan fingerprint density at radius 2 is 2.21 bits per heavy atom. The summed E-state index contributed by atoms with van der Waals surface area (Å²) >= 11 is 0. The summed E-state index contributed by atoms with van der Waals surface area (Å²) in [6.07, 6.45) is 0.0195. The standard InChI is InChI=1S/C11H11NO2/c1-7-6-12-10(13)8-4-2-3-5-9(8)11(12)14-7/h2-5,7,11H,6H2,1H3/t7-,11+/m1/s1. The maximum Gasteiger partial charge on any atom is 0.256 e. The highest BCUT2D eigenvalue weighted by Crippen LogP contribution is 2.39. The predicted molar refractivity (Wildman–Crippen MR) is 50.8 cm³/mol. The lowest BCUT2D eigenvalue weighted by atomic mass is 10.1. The van der Waals surface area contributed by atoms with Crippen molar-refractivity contribution in [1.29, 1.82) is 0 Å². The molecule has 2 aliphatic heterocycles. The molecule has 72 valence electrons. The van der Waals surface area contributed by atoms with Gasteiger partial charge in [-0.2, -0.15) is 0 Å². The zero-order chi connectivity index (χ0) is 9.71. The van der Waals surface area contributed by atoms with Gasteiger partial charge < -0.3 is 9.64 Å². The van der Waals surface area contributed by atoms with E-state index >= 15 is 0 Å². The van der Waals surface area contributed by atoms with Crippen LogP contribution >= 0.6 is 0 Å². The summed E-state index contributed by atoms with van der Waals surface area (Å²) in [6.45, 7) is 2.70. The summed E-state index contributed by atoms with van der Waals surface area (Å²) in [6, 6.07) is 7.67. The van der Waals surface area contributed by atoms with Crippen LogP contribution in [0.2, 0.25) is 0 Å². The molecule has 1 aromatic carbocycles. The van der Waals surface area contributed by atoms with E-state index in [9.17, 15) is 4.79 Å². The lowest BCUT2D eigenvalue weighted by Gasteiger charge is -2.12. The maximum absolute atomic E-state index is 11.9. The Kier molecular flexibility index (Phi) is 1.47. The molecule has 0 aromatic heterocycles. The third kappa shape index (κ3) is 0.876. The molecule has 1 saturated heterocycles. The molecule has 1 amide bonds. The SMILES string of the molecule is C[C@@H]1CN2C(=O)c3ccccc3[C@@H]2O1. The van der Waals surface area contributed by atoms with Gasteiger partial charge in [0.15, 0.2) is 6.23 Å². The van der Waals surface area contributed by atoms with E-state index in [0.717, 1.165) is 11.1 Å². The van der Waals surface area contributed by atoms with Gasteiger partial charge in [0.1, 0.15) is 0 Å². The molecule has 0 saturated carbocycles. The molecule has 0 unspecified atom stereocenters. The van der Waals surface area contributed by atoms with Crippen molar-refractivity contribution < 1.29 is 9.53 Å². The first-order chi connectivity index (χ1) is 6.77. The molecule has 1 fully saturated rings. The lowest BCUT2D eigenvalue weighted by molar-refractivity contribution is 0.0156. The monoisotopic (exact) mass is 189 g/mol. The van der Waals surface area contributed by atoms with Crippen molar-refractivity contribution in [3.8, 4) is 0 Å². The van der Waals surface area contributed by atoms with E-state index < -0.39 is 0 Å². The van der Waals surface area contributed by atoms with E-state index in [1.807, 2.05) is 31.2 Å². The fourth-order valence-electron chi connectivity index (χ4n) is 2.20. The van der Waals surface area contributed by atoms with Gasteiger partial charge in [0.05, 0.1) is 6.10 Å². The average Bonchev–Trinajstić information content (AvgIpc) is 2.68. The molecule has 0 aliphatic carbocycles. The second-order valence-electron chi connectivity index (χ2n) is 3.84. The molecule has 3 nitrogen and oxygen atoms in total. The first-order valence-electron chi connectivity index (χ1n) is 4.83. The van der Waals surface area contributed by atoms with Crippen LogP contribution in [0.1, 0.15) is 29.1 Å². The summed E-state index contributed by atoms with van der Waals surface area (Å²) in [7, 11) is 0. The van der Waals surface area contributed by atoms with Gasteiger partial charge in [0, 0.05) is 17.7 Å².